The van der Waals surface area contributed by atoms with E-state index >= 15 is 0 Å². The van der Waals surface area contributed by atoms with Crippen LogP contribution in [0.1, 0.15) is 19.4 Å². The fourth-order valence-corrected chi connectivity index (χ4v) is 2.50. The summed E-state index contributed by atoms with van der Waals surface area (Å²) in [4.78, 5) is 0. The maximum absolute atomic E-state index is 6.24. The number of hydrogen-bond acceptors (Lipinski definition) is 4. The topological polar surface area (TPSA) is 42.8 Å². The highest BCUT2D eigenvalue weighted by molar-refractivity contribution is 6.37. The molecule has 0 heterocycles. The molecule has 0 saturated heterocycles. The van der Waals surface area contributed by atoms with Gasteiger partial charge in [-0.15, -0.1) is 0 Å². The molecule has 0 spiro atoms. The van der Waals surface area contributed by atoms with Crippen LogP contribution in [0.25, 0.3) is 0 Å². The van der Waals surface area contributed by atoms with E-state index in [-0.39, 0.29) is 0 Å². The first kappa shape index (κ1) is 18.4. The molecule has 6 heteroatoms. The Morgan fingerprint density at radius 2 is 1.75 bits per heavy atom. The van der Waals surface area contributed by atoms with Crippen LogP contribution in [0, 0.1) is 5.92 Å². The number of halogens is 2. The Morgan fingerprint density at radius 3 is 2.29 bits per heavy atom. The molecule has 0 aliphatic carbocycles. The van der Waals surface area contributed by atoms with Crippen molar-refractivity contribution >= 4 is 35.1 Å². The fourth-order valence-electron chi connectivity index (χ4n) is 1.89. The molecule has 2 rings (SSSR count). The monoisotopic (exact) mass is 366 g/mol. The lowest BCUT2D eigenvalue weighted by Crippen LogP contribution is -2.05. The van der Waals surface area contributed by atoms with E-state index in [0.717, 1.165) is 17.0 Å². The van der Waals surface area contributed by atoms with Crippen LogP contribution < -0.4 is 14.9 Å². The molecule has 0 aliphatic rings. The third-order valence-electron chi connectivity index (χ3n) is 3.08. The summed E-state index contributed by atoms with van der Waals surface area (Å²) in [6, 6.07) is 11.0. The first-order valence-corrected chi connectivity index (χ1v) is 8.30. The van der Waals surface area contributed by atoms with E-state index < -0.39 is 0 Å². The van der Waals surface area contributed by atoms with Crippen molar-refractivity contribution in [3.05, 3.63) is 52.0 Å². The normalized spacial score (nSPS) is 11.1. The zero-order valence-electron chi connectivity index (χ0n) is 13.8. The van der Waals surface area contributed by atoms with Crippen LogP contribution in [0.3, 0.4) is 0 Å². The van der Waals surface area contributed by atoms with Gasteiger partial charge in [-0.3, -0.25) is 5.43 Å². The molecule has 2 aromatic carbocycles. The van der Waals surface area contributed by atoms with Gasteiger partial charge >= 0.3 is 0 Å². The van der Waals surface area contributed by atoms with Crippen LogP contribution >= 0.6 is 23.2 Å². The van der Waals surface area contributed by atoms with Gasteiger partial charge in [0.1, 0.15) is 5.75 Å². The van der Waals surface area contributed by atoms with Gasteiger partial charge in [-0.2, -0.15) is 5.10 Å². The average Bonchev–Trinajstić information content (AvgIpc) is 2.54. The highest BCUT2D eigenvalue weighted by Gasteiger charge is 2.10. The maximum Gasteiger partial charge on any atom is 0.156 e. The van der Waals surface area contributed by atoms with Crippen LogP contribution in [-0.2, 0) is 0 Å². The quantitative estimate of drug-likeness (QED) is 0.520. The van der Waals surface area contributed by atoms with Gasteiger partial charge in [-0.05, 0) is 47.9 Å². The molecule has 0 radical (unpaired) electrons. The Kier molecular flexibility index (Phi) is 6.76. The fraction of sp³-hybridized carbons (Fsp3) is 0.278. The van der Waals surface area contributed by atoms with Crippen LogP contribution in [0.2, 0.25) is 10.0 Å². The molecule has 0 unspecified atom stereocenters. The lowest BCUT2D eigenvalue weighted by atomic mass is 10.2. The first-order valence-electron chi connectivity index (χ1n) is 7.54. The van der Waals surface area contributed by atoms with Crippen molar-refractivity contribution in [3.63, 3.8) is 0 Å². The second-order valence-corrected chi connectivity index (χ2v) is 6.43. The zero-order valence-corrected chi connectivity index (χ0v) is 15.4. The zero-order chi connectivity index (χ0) is 17.5. The standard InChI is InChI=1S/C18H20Cl2N2O2/c1-12(2)11-24-18-16(19)8-13(9-17(18)20)10-21-22-14-4-6-15(23-3)7-5-14/h4-10,12,22H,11H2,1-3H3/b21-10+. The van der Waals surface area contributed by atoms with E-state index in [1.54, 1.807) is 25.5 Å². The van der Waals surface area contributed by atoms with Gasteiger partial charge in [-0.1, -0.05) is 37.0 Å². The van der Waals surface area contributed by atoms with E-state index in [0.29, 0.717) is 28.3 Å². The summed E-state index contributed by atoms with van der Waals surface area (Å²) in [5.41, 5.74) is 4.56. The second-order valence-electron chi connectivity index (χ2n) is 5.62. The maximum atomic E-state index is 6.24. The molecular formula is C18H20Cl2N2O2. The summed E-state index contributed by atoms with van der Waals surface area (Å²) >= 11 is 12.5. The summed E-state index contributed by atoms with van der Waals surface area (Å²) in [5, 5.41) is 5.11. The smallest absolute Gasteiger partial charge is 0.156 e. The molecule has 0 bridgehead atoms. The van der Waals surface area contributed by atoms with Gasteiger partial charge in [0.25, 0.3) is 0 Å². The number of methoxy groups -OCH3 is 1. The van der Waals surface area contributed by atoms with Crippen molar-refractivity contribution < 1.29 is 9.47 Å². The SMILES string of the molecule is COc1ccc(N/N=C/c2cc(Cl)c(OCC(C)C)c(Cl)c2)cc1. The summed E-state index contributed by atoms with van der Waals surface area (Å²) < 4.78 is 10.8. The molecule has 128 valence electrons. The van der Waals surface area contributed by atoms with Gasteiger partial charge in [0, 0.05) is 0 Å². The summed E-state index contributed by atoms with van der Waals surface area (Å²) in [5.74, 6) is 1.69. The summed E-state index contributed by atoms with van der Waals surface area (Å²) in [6.07, 6.45) is 1.65. The third-order valence-corrected chi connectivity index (χ3v) is 3.64. The molecule has 0 aromatic heterocycles. The number of anilines is 1. The van der Waals surface area contributed by atoms with Crippen molar-refractivity contribution in [1.82, 2.24) is 0 Å². The van der Waals surface area contributed by atoms with E-state index in [1.165, 1.54) is 0 Å². The molecule has 0 fully saturated rings. The molecule has 0 saturated carbocycles. The number of nitrogens with one attached hydrogen (secondary N) is 1. The Balaban J connectivity index is 2.03. The van der Waals surface area contributed by atoms with E-state index in [2.05, 4.69) is 24.4 Å². The van der Waals surface area contributed by atoms with Crippen molar-refractivity contribution in [2.24, 2.45) is 11.0 Å². The first-order chi connectivity index (χ1) is 11.5. The number of hydrogen-bond donors (Lipinski definition) is 1. The Bertz CT molecular complexity index is 678. The minimum absolute atomic E-state index is 0.395. The van der Waals surface area contributed by atoms with Crippen LogP contribution in [0.4, 0.5) is 5.69 Å². The van der Waals surface area contributed by atoms with Crippen LogP contribution in [-0.4, -0.2) is 19.9 Å². The molecule has 2 aromatic rings. The van der Waals surface area contributed by atoms with Crippen LogP contribution in [0.15, 0.2) is 41.5 Å². The minimum Gasteiger partial charge on any atom is -0.497 e. The predicted molar refractivity (Wildman–Crippen MR) is 101 cm³/mol. The van der Waals surface area contributed by atoms with E-state index in [1.807, 2.05) is 24.3 Å². The molecule has 0 aliphatic heterocycles. The number of ether oxygens (including phenoxy) is 2. The lowest BCUT2D eigenvalue weighted by molar-refractivity contribution is 0.271. The second kappa shape index (κ2) is 8.81. The minimum atomic E-state index is 0.395. The van der Waals surface area contributed by atoms with Gasteiger partial charge in [0.15, 0.2) is 5.75 Å². The number of rotatable bonds is 7. The van der Waals surface area contributed by atoms with Gasteiger partial charge in [-0.25, -0.2) is 0 Å². The van der Waals surface area contributed by atoms with Gasteiger partial charge < -0.3 is 9.47 Å². The Labute approximate surface area is 152 Å². The predicted octanol–water partition coefficient (Wildman–Crippen LogP) is 5.48. The van der Waals surface area contributed by atoms with E-state index in [4.69, 9.17) is 32.7 Å². The molecule has 0 amide bonds. The van der Waals surface area contributed by atoms with Gasteiger partial charge in [0.05, 0.1) is 35.7 Å². The largest absolute Gasteiger partial charge is 0.497 e. The van der Waals surface area contributed by atoms with Crippen molar-refractivity contribution in [3.8, 4) is 11.5 Å². The number of nitrogens with zero attached hydrogens (tertiary/aromatic N) is 1. The highest BCUT2D eigenvalue weighted by Crippen LogP contribution is 2.34. The van der Waals surface area contributed by atoms with Crippen LogP contribution in [0.5, 0.6) is 11.5 Å². The number of hydrazone groups is 1. The van der Waals surface area contributed by atoms with Crippen molar-refractivity contribution in [1.29, 1.82) is 0 Å². The summed E-state index contributed by atoms with van der Waals surface area (Å²) in [7, 11) is 1.63. The highest BCUT2D eigenvalue weighted by atomic mass is 35.5. The van der Waals surface area contributed by atoms with Crippen molar-refractivity contribution in [2.75, 3.05) is 19.1 Å². The number of benzene rings is 2. The molecule has 24 heavy (non-hydrogen) atoms. The Hall–Kier alpha value is -1.91. The van der Waals surface area contributed by atoms with Crippen molar-refractivity contribution in [2.45, 2.75) is 13.8 Å². The molecule has 1 N–H and O–H groups in total. The van der Waals surface area contributed by atoms with E-state index in [9.17, 15) is 0 Å². The summed E-state index contributed by atoms with van der Waals surface area (Å²) in [6.45, 7) is 4.69. The molecule has 4 nitrogen and oxygen atoms in total. The average molecular weight is 367 g/mol. The lowest BCUT2D eigenvalue weighted by Gasteiger charge is -2.12. The Morgan fingerprint density at radius 1 is 1.12 bits per heavy atom. The van der Waals surface area contributed by atoms with Gasteiger partial charge in [0.2, 0.25) is 0 Å². The molecule has 0 atom stereocenters. The third kappa shape index (κ3) is 5.32. The molecular weight excluding hydrogens is 347 g/mol.